The van der Waals surface area contributed by atoms with E-state index in [4.69, 9.17) is 0 Å². The van der Waals surface area contributed by atoms with Crippen molar-refractivity contribution < 1.29 is 14.0 Å². The van der Waals surface area contributed by atoms with Crippen molar-refractivity contribution in [3.05, 3.63) is 59.7 Å². The van der Waals surface area contributed by atoms with Gasteiger partial charge in [-0.05, 0) is 32.0 Å². The summed E-state index contributed by atoms with van der Waals surface area (Å²) in [6.45, 7) is 5.66. The van der Waals surface area contributed by atoms with Gasteiger partial charge in [0.1, 0.15) is 18.4 Å². The molecule has 1 unspecified atom stereocenters. The molecule has 27 heavy (non-hydrogen) atoms. The third kappa shape index (κ3) is 3.82. The van der Waals surface area contributed by atoms with E-state index in [1.807, 2.05) is 36.7 Å². The molecule has 0 saturated carbocycles. The number of likely N-dealkylation sites (N-methyl/N-ethyl adjacent to an activating group) is 1. The minimum atomic E-state index is -0.504. The second kappa shape index (κ2) is 8.24. The van der Waals surface area contributed by atoms with Crippen LogP contribution >= 0.6 is 0 Å². The van der Waals surface area contributed by atoms with Crippen LogP contribution in [0.4, 0.5) is 9.18 Å². The molecule has 0 saturated heterocycles. The quantitative estimate of drug-likeness (QED) is 0.877. The Morgan fingerprint density at radius 1 is 1.19 bits per heavy atom. The lowest BCUT2D eigenvalue weighted by Gasteiger charge is -2.38. The number of amides is 3. The first-order valence-corrected chi connectivity index (χ1v) is 9.28. The summed E-state index contributed by atoms with van der Waals surface area (Å²) in [6.07, 6.45) is 1.94. The van der Waals surface area contributed by atoms with Gasteiger partial charge in [-0.3, -0.25) is 4.79 Å². The molecule has 1 aromatic heterocycles. The van der Waals surface area contributed by atoms with Crippen LogP contribution in [0.15, 0.2) is 42.6 Å². The van der Waals surface area contributed by atoms with Crippen LogP contribution < -0.4 is 5.32 Å². The van der Waals surface area contributed by atoms with E-state index in [2.05, 4.69) is 5.32 Å². The number of carbonyl (C=O) groups excluding carboxylic acids is 2. The highest BCUT2D eigenvalue weighted by atomic mass is 19.1. The van der Waals surface area contributed by atoms with Gasteiger partial charge in [0, 0.05) is 43.6 Å². The fourth-order valence-corrected chi connectivity index (χ4v) is 3.52. The Kier molecular flexibility index (Phi) is 5.78. The van der Waals surface area contributed by atoms with Gasteiger partial charge in [-0.25, -0.2) is 9.18 Å². The van der Waals surface area contributed by atoms with Crippen LogP contribution in [0.5, 0.6) is 0 Å². The zero-order valence-electron chi connectivity index (χ0n) is 15.7. The van der Waals surface area contributed by atoms with E-state index in [-0.39, 0.29) is 24.3 Å². The normalized spacial score (nSPS) is 16.0. The van der Waals surface area contributed by atoms with Crippen molar-refractivity contribution in [3.8, 4) is 0 Å². The summed E-state index contributed by atoms with van der Waals surface area (Å²) in [5, 5.41) is 2.72. The molecule has 2 aromatic rings. The number of nitrogens with zero attached hydrogens (tertiary/aromatic N) is 3. The summed E-state index contributed by atoms with van der Waals surface area (Å²) < 4.78 is 16.6. The van der Waals surface area contributed by atoms with Crippen LogP contribution in [-0.4, -0.2) is 52.5 Å². The number of halogens is 1. The number of hydrogen-bond acceptors (Lipinski definition) is 2. The standard InChI is InChI=1S/C20H25FN4O2/c1-3-22-20(27)23(4-2)14-18(26)25-13-12-24-11-7-10-17(24)19(25)15-8-5-6-9-16(15)21/h5-11,19H,3-4,12-14H2,1-2H3,(H,22,27). The molecule has 3 amide bonds. The summed E-state index contributed by atoms with van der Waals surface area (Å²) in [6, 6.07) is 9.59. The summed E-state index contributed by atoms with van der Waals surface area (Å²) in [7, 11) is 0. The summed E-state index contributed by atoms with van der Waals surface area (Å²) in [5.74, 6) is -0.533. The summed E-state index contributed by atoms with van der Waals surface area (Å²) in [4.78, 5) is 28.4. The Morgan fingerprint density at radius 3 is 2.67 bits per heavy atom. The topological polar surface area (TPSA) is 57.6 Å². The van der Waals surface area contributed by atoms with E-state index >= 15 is 0 Å². The van der Waals surface area contributed by atoms with E-state index in [1.54, 1.807) is 23.1 Å². The minimum Gasteiger partial charge on any atom is -0.348 e. The van der Waals surface area contributed by atoms with Crippen LogP contribution in [0, 0.1) is 5.82 Å². The van der Waals surface area contributed by atoms with Crippen molar-refractivity contribution in [2.75, 3.05) is 26.2 Å². The van der Waals surface area contributed by atoms with Gasteiger partial charge in [-0.2, -0.15) is 0 Å². The average Bonchev–Trinajstić information content (AvgIpc) is 3.14. The second-order valence-electron chi connectivity index (χ2n) is 6.49. The molecule has 6 nitrogen and oxygen atoms in total. The molecule has 1 N–H and O–H groups in total. The smallest absolute Gasteiger partial charge is 0.317 e. The lowest BCUT2D eigenvalue weighted by Crippen LogP contribution is -2.50. The highest BCUT2D eigenvalue weighted by Crippen LogP contribution is 2.33. The first-order chi connectivity index (χ1) is 13.1. The maximum Gasteiger partial charge on any atom is 0.317 e. The second-order valence-corrected chi connectivity index (χ2v) is 6.49. The molecule has 1 aliphatic heterocycles. The molecule has 1 aliphatic rings. The van der Waals surface area contributed by atoms with Gasteiger partial charge < -0.3 is 19.7 Å². The predicted molar refractivity (Wildman–Crippen MR) is 101 cm³/mol. The van der Waals surface area contributed by atoms with Crippen molar-refractivity contribution in [1.29, 1.82) is 0 Å². The Morgan fingerprint density at radius 2 is 1.96 bits per heavy atom. The fraction of sp³-hybridized carbons (Fsp3) is 0.400. The molecule has 0 spiro atoms. The first kappa shape index (κ1) is 18.9. The Balaban J connectivity index is 1.90. The SMILES string of the molecule is CCNC(=O)N(CC)CC(=O)N1CCn2cccc2C1c1ccccc1F. The van der Waals surface area contributed by atoms with Crippen LogP contribution in [0.2, 0.25) is 0 Å². The number of nitrogens with one attached hydrogen (secondary N) is 1. The van der Waals surface area contributed by atoms with Gasteiger partial charge in [0.05, 0.1) is 0 Å². The molecule has 2 heterocycles. The highest BCUT2D eigenvalue weighted by Gasteiger charge is 2.34. The zero-order chi connectivity index (χ0) is 19.4. The third-order valence-electron chi connectivity index (χ3n) is 4.88. The van der Waals surface area contributed by atoms with Gasteiger partial charge in [0.15, 0.2) is 0 Å². The van der Waals surface area contributed by atoms with Crippen molar-refractivity contribution in [2.24, 2.45) is 0 Å². The number of benzene rings is 1. The largest absolute Gasteiger partial charge is 0.348 e. The lowest BCUT2D eigenvalue weighted by atomic mass is 9.99. The maximum absolute atomic E-state index is 14.5. The predicted octanol–water partition coefficient (Wildman–Crippen LogP) is 2.61. The third-order valence-corrected chi connectivity index (χ3v) is 4.88. The Labute approximate surface area is 158 Å². The summed E-state index contributed by atoms with van der Waals surface area (Å²) >= 11 is 0. The Hall–Kier alpha value is -2.83. The van der Waals surface area contributed by atoms with Gasteiger partial charge in [0.25, 0.3) is 0 Å². The maximum atomic E-state index is 14.5. The average molecular weight is 372 g/mol. The molecule has 7 heteroatoms. The van der Waals surface area contributed by atoms with E-state index < -0.39 is 6.04 Å². The van der Waals surface area contributed by atoms with Gasteiger partial charge >= 0.3 is 6.03 Å². The monoisotopic (exact) mass is 372 g/mol. The van der Waals surface area contributed by atoms with Crippen LogP contribution in [-0.2, 0) is 11.3 Å². The minimum absolute atomic E-state index is 0.0337. The highest BCUT2D eigenvalue weighted by molar-refractivity contribution is 5.84. The summed E-state index contributed by atoms with van der Waals surface area (Å²) in [5.41, 5.74) is 1.34. The van der Waals surface area contributed by atoms with Crippen molar-refractivity contribution in [3.63, 3.8) is 0 Å². The number of hydrogen-bond donors (Lipinski definition) is 1. The molecule has 0 bridgehead atoms. The van der Waals surface area contributed by atoms with E-state index in [1.165, 1.54) is 11.0 Å². The van der Waals surface area contributed by atoms with Crippen molar-refractivity contribution in [2.45, 2.75) is 26.4 Å². The Bertz CT molecular complexity index is 820. The zero-order valence-corrected chi connectivity index (χ0v) is 15.7. The number of carbonyl (C=O) groups is 2. The van der Waals surface area contributed by atoms with Crippen molar-refractivity contribution >= 4 is 11.9 Å². The molecule has 0 radical (unpaired) electrons. The lowest BCUT2D eigenvalue weighted by molar-refractivity contribution is -0.134. The fourth-order valence-electron chi connectivity index (χ4n) is 3.52. The van der Waals surface area contributed by atoms with Gasteiger partial charge in [0.2, 0.25) is 5.91 Å². The number of urea groups is 1. The van der Waals surface area contributed by atoms with Crippen molar-refractivity contribution in [1.82, 2.24) is 19.7 Å². The molecular weight excluding hydrogens is 347 g/mol. The molecule has 1 aromatic carbocycles. The molecule has 0 fully saturated rings. The van der Waals surface area contributed by atoms with E-state index in [9.17, 15) is 14.0 Å². The van der Waals surface area contributed by atoms with Crippen LogP contribution in [0.25, 0.3) is 0 Å². The van der Waals surface area contributed by atoms with Gasteiger partial charge in [-0.15, -0.1) is 0 Å². The molecular formula is C20H25FN4O2. The first-order valence-electron chi connectivity index (χ1n) is 9.28. The van der Waals surface area contributed by atoms with Crippen LogP contribution in [0.1, 0.15) is 31.1 Å². The molecule has 0 aliphatic carbocycles. The number of fused-ring (bicyclic) bond motifs is 1. The number of rotatable bonds is 5. The number of aromatic nitrogens is 1. The van der Waals surface area contributed by atoms with Gasteiger partial charge in [-0.1, -0.05) is 18.2 Å². The molecule has 144 valence electrons. The van der Waals surface area contributed by atoms with E-state index in [0.717, 1.165) is 5.69 Å². The van der Waals surface area contributed by atoms with E-state index in [0.29, 0.717) is 31.7 Å². The molecule has 1 atom stereocenters. The molecule has 3 rings (SSSR count). The van der Waals surface area contributed by atoms with Crippen LogP contribution in [0.3, 0.4) is 0 Å².